The number of imide groups is 1. The Balaban J connectivity index is 1.56. The van der Waals surface area contributed by atoms with Crippen LogP contribution in [0.2, 0.25) is 0 Å². The lowest BCUT2D eigenvalue weighted by atomic mass is 10.0. The standard InChI is InChI=1S/C30H27N3O8S/c34-24(35)16-17-32(30(39)41-20-21-10-4-1-5-11-21)33-27(36)26(31-29(33)38)25(22-12-6-2-7-13-22)28(37)40-18-19-42-23-14-8-3-9-15-23/h1-15H,16-20H2,(H,31,38)(H,34,35)/b26-25-. The Morgan fingerprint density at radius 1 is 0.857 bits per heavy atom. The number of ether oxygens (including phenoxy) is 2. The van der Waals surface area contributed by atoms with Gasteiger partial charge in [0.2, 0.25) is 0 Å². The van der Waals surface area contributed by atoms with E-state index in [2.05, 4.69) is 5.32 Å². The van der Waals surface area contributed by atoms with Crippen LogP contribution in [0.15, 0.2) is 102 Å². The van der Waals surface area contributed by atoms with Gasteiger partial charge in [-0.3, -0.25) is 9.59 Å². The third-order valence-corrected chi connectivity index (χ3v) is 6.85. The minimum absolute atomic E-state index is 0.0183. The predicted molar refractivity (Wildman–Crippen MR) is 152 cm³/mol. The van der Waals surface area contributed by atoms with Crippen LogP contribution >= 0.6 is 11.8 Å². The van der Waals surface area contributed by atoms with E-state index in [0.29, 0.717) is 26.9 Å². The molecular weight excluding hydrogens is 562 g/mol. The molecule has 0 aromatic heterocycles. The first kappa shape index (κ1) is 29.9. The summed E-state index contributed by atoms with van der Waals surface area (Å²) in [6.45, 7) is -0.709. The second kappa shape index (κ2) is 14.5. The highest BCUT2D eigenvalue weighted by Gasteiger charge is 2.44. The van der Waals surface area contributed by atoms with Crippen molar-refractivity contribution in [1.29, 1.82) is 0 Å². The highest BCUT2D eigenvalue weighted by Crippen LogP contribution is 2.26. The number of carbonyl (C=O) groups is 5. The van der Waals surface area contributed by atoms with E-state index in [1.807, 2.05) is 30.3 Å². The fourth-order valence-electron chi connectivity index (χ4n) is 3.92. The summed E-state index contributed by atoms with van der Waals surface area (Å²) in [5.41, 5.74) is 0.314. The molecule has 0 aliphatic carbocycles. The van der Waals surface area contributed by atoms with Crippen molar-refractivity contribution < 1.29 is 38.6 Å². The molecule has 0 spiro atoms. The molecule has 216 valence electrons. The van der Waals surface area contributed by atoms with E-state index in [0.717, 1.165) is 4.90 Å². The summed E-state index contributed by atoms with van der Waals surface area (Å²) in [6, 6.07) is 25.3. The van der Waals surface area contributed by atoms with Crippen LogP contribution in [0.5, 0.6) is 0 Å². The zero-order chi connectivity index (χ0) is 29.9. The van der Waals surface area contributed by atoms with Crippen molar-refractivity contribution in [1.82, 2.24) is 15.3 Å². The number of hydrogen-bond acceptors (Lipinski definition) is 8. The van der Waals surface area contributed by atoms with Crippen LogP contribution in [0.1, 0.15) is 17.5 Å². The first-order valence-corrected chi connectivity index (χ1v) is 13.8. The Kier molecular flexibility index (Phi) is 10.3. The average molecular weight is 590 g/mol. The van der Waals surface area contributed by atoms with Gasteiger partial charge in [-0.2, -0.15) is 5.01 Å². The maximum absolute atomic E-state index is 13.6. The lowest BCUT2D eigenvalue weighted by Gasteiger charge is -2.27. The maximum Gasteiger partial charge on any atom is 0.429 e. The zero-order valence-electron chi connectivity index (χ0n) is 22.3. The minimum atomic E-state index is -1.26. The van der Waals surface area contributed by atoms with Crippen LogP contribution in [0.3, 0.4) is 0 Å². The number of hydrogen-bond donors (Lipinski definition) is 2. The molecule has 1 aliphatic heterocycles. The molecule has 0 atom stereocenters. The molecule has 1 fully saturated rings. The molecule has 2 N–H and O–H groups in total. The van der Waals surface area contributed by atoms with Gasteiger partial charge in [0, 0.05) is 10.6 Å². The maximum atomic E-state index is 13.6. The molecule has 0 radical (unpaired) electrons. The third kappa shape index (κ3) is 7.76. The van der Waals surface area contributed by atoms with Gasteiger partial charge in [-0.25, -0.2) is 19.4 Å². The van der Waals surface area contributed by atoms with Gasteiger partial charge < -0.3 is 19.9 Å². The van der Waals surface area contributed by atoms with E-state index < -0.39 is 48.6 Å². The first-order valence-electron chi connectivity index (χ1n) is 12.8. The Morgan fingerprint density at radius 3 is 2.12 bits per heavy atom. The first-order chi connectivity index (χ1) is 20.3. The highest BCUT2D eigenvalue weighted by molar-refractivity contribution is 7.99. The Hall–Kier alpha value is -5.10. The van der Waals surface area contributed by atoms with Gasteiger partial charge in [0.05, 0.1) is 18.5 Å². The van der Waals surface area contributed by atoms with Gasteiger partial charge >= 0.3 is 24.1 Å². The fourth-order valence-corrected chi connectivity index (χ4v) is 4.67. The van der Waals surface area contributed by atoms with Crippen LogP contribution < -0.4 is 5.32 Å². The lowest BCUT2D eigenvalue weighted by molar-refractivity contribution is -0.140. The van der Waals surface area contributed by atoms with Gasteiger partial charge in [-0.05, 0) is 23.3 Å². The van der Waals surface area contributed by atoms with Crippen molar-refractivity contribution in [3.05, 3.63) is 108 Å². The van der Waals surface area contributed by atoms with Gasteiger partial charge in [0.25, 0.3) is 5.91 Å². The van der Waals surface area contributed by atoms with Gasteiger partial charge in [-0.1, -0.05) is 78.9 Å². The van der Waals surface area contributed by atoms with Gasteiger partial charge in [0.1, 0.15) is 18.9 Å². The van der Waals surface area contributed by atoms with Crippen molar-refractivity contribution in [2.24, 2.45) is 0 Å². The summed E-state index contributed by atoms with van der Waals surface area (Å²) in [5, 5.41) is 12.6. The van der Waals surface area contributed by atoms with Crippen LogP contribution in [0.25, 0.3) is 5.57 Å². The Labute approximate surface area is 245 Å². The van der Waals surface area contributed by atoms with Crippen LogP contribution in [-0.2, 0) is 30.5 Å². The normalized spacial score (nSPS) is 13.8. The van der Waals surface area contributed by atoms with E-state index in [1.165, 1.54) is 11.8 Å². The molecule has 1 aliphatic rings. The molecule has 3 aromatic carbocycles. The summed E-state index contributed by atoms with van der Waals surface area (Å²) in [4.78, 5) is 65.2. The van der Waals surface area contributed by atoms with Crippen LogP contribution in [-0.4, -0.2) is 64.0 Å². The highest BCUT2D eigenvalue weighted by atomic mass is 32.2. The van der Waals surface area contributed by atoms with E-state index >= 15 is 0 Å². The number of carboxylic acid groups (broad SMARTS) is 1. The molecule has 0 unspecified atom stereocenters. The summed E-state index contributed by atoms with van der Waals surface area (Å²) in [5.74, 6) is -2.73. The summed E-state index contributed by atoms with van der Waals surface area (Å²) < 4.78 is 10.7. The Bertz CT molecular complexity index is 1470. The van der Waals surface area contributed by atoms with E-state index in [4.69, 9.17) is 9.47 Å². The predicted octanol–water partition coefficient (Wildman–Crippen LogP) is 4.31. The number of hydrazine groups is 1. The van der Waals surface area contributed by atoms with E-state index in [-0.39, 0.29) is 18.8 Å². The monoisotopic (exact) mass is 589 g/mol. The summed E-state index contributed by atoms with van der Waals surface area (Å²) in [6.07, 6.45) is -1.70. The molecule has 4 rings (SSSR count). The van der Waals surface area contributed by atoms with Crippen molar-refractivity contribution in [2.75, 3.05) is 18.9 Å². The average Bonchev–Trinajstić information content (AvgIpc) is 3.28. The third-order valence-electron chi connectivity index (χ3n) is 5.87. The minimum Gasteiger partial charge on any atom is -0.481 e. The molecule has 1 saturated heterocycles. The summed E-state index contributed by atoms with van der Waals surface area (Å²) >= 11 is 1.48. The molecule has 4 amide bonds. The molecule has 12 heteroatoms. The van der Waals surface area contributed by atoms with Crippen molar-refractivity contribution in [3.63, 3.8) is 0 Å². The number of rotatable bonds is 12. The number of thioether (sulfide) groups is 1. The summed E-state index contributed by atoms with van der Waals surface area (Å²) in [7, 11) is 0. The quantitative estimate of drug-likeness (QED) is 0.104. The number of carbonyl (C=O) groups excluding carboxylic acids is 4. The number of benzene rings is 3. The molecule has 0 saturated carbocycles. The van der Waals surface area contributed by atoms with Crippen molar-refractivity contribution >= 4 is 47.3 Å². The molecule has 11 nitrogen and oxygen atoms in total. The van der Waals surface area contributed by atoms with Crippen molar-refractivity contribution in [2.45, 2.75) is 17.9 Å². The second-order valence-electron chi connectivity index (χ2n) is 8.77. The van der Waals surface area contributed by atoms with E-state index in [1.54, 1.807) is 60.7 Å². The Morgan fingerprint density at radius 2 is 1.48 bits per heavy atom. The molecule has 3 aromatic rings. The molecule has 42 heavy (non-hydrogen) atoms. The fraction of sp³-hybridized carbons (Fsp3) is 0.167. The largest absolute Gasteiger partial charge is 0.481 e. The number of nitrogens with one attached hydrogen (secondary N) is 1. The van der Waals surface area contributed by atoms with Crippen LogP contribution in [0.4, 0.5) is 9.59 Å². The molecule has 1 heterocycles. The second-order valence-corrected chi connectivity index (χ2v) is 9.94. The number of aliphatic carboxylic acids is 1. The smallest absolute Gasteiger partial charge is 0.429 e. The SMILES string of the molecule is O=C(O)CCN(C(=O)OCc1ccccc1)N1C(=O)N/C(=C(\C(=O)OCCSc2ccccc2)c2ccccc2)C1=O. The van der Waals surface area contributed by atoms with Gasteiger partial charge in [0.15, 0.2) is 0 Å². The number of amides is 4. The number of urea groups is 1. The van der Waals surface area contributed by atoms with E-state index in [9.17, 15) is 29.1 Å². The van der Waals surface area contributed by atoms with Crippen LogP contribution in [0, 0.1) is 0 Å². The molecule has 0 bridgehead atoms. The number of nitrogens with zero attached hydrogens (tertiary/aromatic N) is 2. The zero-order valence-corrected chi connectivity index (χ0v) is 23.1. The topological polar surface area (TPSA) is 143 Å². The lowest BCUT2D eigenvalue weighted by Crippen LogP contribution is -2.51. The van der Waals surface area contributed by atoms with Crippen molar-refractivity contribution in [3.8, 4) is 0 Å². The number of carboxylic acids is 1. The molecular formula is C30H27N3O8S. The number of esters is 1. The van der Waals surface area contributed by atoms with Gasteiger partial charge in [-0.15, -0.1) is 11.8 Å².